The van der Waals surface area contributed by atoms with Gasteiger partial charge < -0.3 is 4.74 Å². The number of ether oxygens (including phenoxy) is 1. The largest absolute Gasteiger partial charge is 0.466 e. The van der Waals surface area contributed by atoms with Gasteiger partial charge in [0, 0.05) is 24.7 Å². The molecule has 1 unspecified atom stereocenters. The van der Waals surface area contributed by atoms with Gasteiger partial charge in [-0.1, -0.05) is 42.2 Å². The van der Waals surface area contributed by atoms with Crippen LogP contribution in [0, 0.1) is 17.8 Å². The Hall–Kier alpha value is -2.74. The number of hydrogen-bond donors (Lipinski definition) is 0. The van der Waals surface area contributed by atoms with E-state index in [4.69, 9.17) is 4.74 Å². The summed E-state index contributed by atoms with van der Waals surface area (Å²) in [7, 11) is 0. The molecular weight excluding hydrogens is 331 g/mol. The molecule has 1 aromatic carbocycles. The van der Waals surface area contributed by atoms with Crippen LogP contribution in [0.15, 0.2) is 49.1 Å². The lowest BCUT2D eigenvalue weighted by atomic mass is 9.70. The fraction of sp³-hybridized carbons (Fsp3) is 0.381. The first kappa shape index (κ1) is 18.1. The standard InChI is InChI=1S/C21H21FN2O2/c1-2-26-20(25)18-9-11-21(22,10-8-16-13-23-15-24-14-16)12-19(18)17-6-4-3-5-7-17/h3-7,13-15,18-19H,2,9,11-12H2,1H3/t18-,19+,21?/m1/s1. The van der Waals surface area contributed by atoms with Crippen LogP contribution in [0.25, 0.3) is 0 Å². The molecule has 3 atom stereocenters. The van der Waals surface area contributed by atoms with Crippen LogP contribution in [0.1, 0.15) is 43.2 Å². The van der Waals surface area contributed by atoms with Crippen LogP contribution in [-0.4, -0.2) is 28.2 Å². The molecule has 134 valence electrons. The lowest BCUT2D eigenvalue weighted by Crippen LogP contribution is -2.37. The summed E-state index contributed by atoms with van der Waals surface area (Å²) in [6.45, 7) is 2.11. The van der Waals surface area contributed by atoms with Crippen molar-refractivity contribution in [2.45, 2.75) is 37.8 Å². The average molecular weight is 352 g/mol. The third kappa shape index (κ3) is 4.26. The molecule has 1 fully saturated rings. The number of benzene rings is 1. The molecule has 0 radical (unpaired) electrons. The number of aromatic nitrogens is 2. The highest BCUT2D eigenvalue weighted by Crippen LogP contribution is 2.44. The van der Waals surface area contributed by atoms with Crippen LogP contribution in [-0.2, 0) is 9.53 Å². The third-order valence-electron chi connectivity index (χ3n) is 4.69. The molecule has 1 heterocycles. The molecule has 0 saturated heterocycles. The van der Waals surface area contributed by atoms with E-state index in [9.17, 15) is 4.79 Å². The van der Waals surface area contributed by atoms with Gasteiger partial charge in [0.1, 0.15) is 6.33 Å². The Morgan fingerprint density at radius 2 is 2.04 bits per heavy atom. The van der Waals surface area contributed by atoms with E-state index in [1.807, 2.05) is 30.3 Å². The molecule has 0 aliphatic heterocycles. The molecular formula is C21H21FN2O2. The molecule has 0 amide bonds. The van der Waals surface area contributed by atoms with Crippen LogP contribution in [0.2, 0.25) is 0 Å². The van der Waals surface area contributed by atoms with E-state index in [1.54, 1.807) is 19.3 Å². The van der Waals surface area contributed by atoms with Crippen molar-refractivity contribution < 1.29 is 13.9 Å². The number of rotatable bonds is 3. The number of alkyl halides is 1. The summed E-state index contributed by atoms with van der Waals surface area (Å²) in [6, 6.07) is 9.57. The van der Waals surface area contributed by atoms with Crippen molar-refractivity contribution >= 4 is 5.97 Å². The van der Waals surface area contributed by atoms with Gasteiger partial charge in [-0.15, -0.1) is 0 Å². The summed E-state index contributed by atoms with van der Waals surface area (Å²) < 4.78 is 20.7. The Balaban J connectivity index is 1.86. The smallest absolute Gasteiger partial charge is 0.309 e. The van der Waals surface area contributed by atoms with Crippen LogP contribution in [0.4, 0.5) is 4.39 Å². The Labute approximate surface area is 152 Å². The van der Waals surface area contributed by atoms with Gasteiger partial charge in [0.25, 0.3) is 0 Å². The monoisotopic (exact) mass is 352 g/mol. The summed E-state index contributed by atoms with van der Waals surface area (Å²) >= 11 is 0. The zero-order valence-corrected chi connectivity index (χ0v) is 14.7. The summed E-state index contributed by atoms with van der Waals surface area (Å²) in [6.07, 6.45) is 5.31. The molecule has 1 aliphatic rings. The van der Waals surface area contributed by atoms with E-state index in [-0.39, 0.29) is 30.6 Å². The second-order valence-corrected chi connectivity index (χ2v) is 6.46. The van der Waals surface area contributed by atoms with Crippen LogP contribution < -0.4 is 0 Å². The van der Waals surface area contributed by atoms with E-state index in [2.05, 4.69) is 21.8 Å². The zero-order valence-electron chi connectivity index (χ0n) is 14.7. The van der Waals surface area contributed by atoms with E-state index in [1.165, 1.54) is 6.33 Å². The van der Waals surface area contributed by atoms with Crippen molar-refractivity contribution in [3.63, 3.8) is 0 Å². The molecule has 1 saturated carbocycles. The molecule has 26 heavy (non-hydrogen) atoms. The third-order valence-corrected chi connectivity index (χ3v) is 4.69. The van der Waals surface area contributed by atoms with Gasteiger partial charge in [-0.05, 0) is 25.3 Å². The predicted octanol–water partition coefficient (Wildman–Crippen LogP) is 3.68. The van der Waals surface area contributed by atoms with Gasteiger partial charge in [-0.25, -0.2) is 14.4 Å². The average Bonchev–Trinajstić information content (AvgIpc) is 2.68. The molecule has 1 aliphatic carbocycles. The first-order valence-electron chi connectivity index (χ1n) is 8.80. The number of hydrogen-bond acceptors (Lipinski definition) is 4. The van der Waals surface area contributed by atoms with Gasteiger partial charge in [0.05, 0.1) is 18.1 Å². The maximum absolute atomic E-state index is 15.5. The highest BCUT2D eigenvalue weighted by Gasteiger charge is 2.44. The van der Waals surface area contributed by atoms with Crippen molar-refractivity contribution in [2.75, 3.05) is 6.61 Å². The van der Waals surface area contributed by atoms with Crippen LogP contribution >= 0.6 is 0 Å². The van der Waals surface area contributed by atoms with Crippen molar-refractivity contribution in [1.29, 1.82) is 0 Å². The minimum atomic E-state index is -1.65. The second kappa shape index (κ2) is 8.09. The van der Waals surface area contributed by atoms with Gasteiger partial charge in [-0.2, -0.15) is 0 Å². The molecule has 1 aromatic heterocycles. The SMILES string of the molecule is CCOC(=O)[C@@H]1CCC(F)(C#Cc2cncnc2)C[C@H]1c1ccccc1. The van der Waals surface area contributed by atoms with Crippen molar-refractivity contribution in [1.82, 2.24) is 9.97 Å². The molecule has 4 nitrogen and oxygen atoms in total. The first-order valence-corrected chi connectivity index (χ1v) is 8.80. The van der Waals surface area contributed by atoms with Crippen LogP contribution in [0.5, 0.6) is 0 Å². The highest BCUT2D eigenvalue weighted by molar-refractivity contribution is 5.74. The molecule has 0 N–H and O–H groups in total. The quantitative estimate of drug-likeness (QED) is 0.625. The number of halogens is 1. The topological polar surface area (TPSA) is 52.1 Å². The highest BCUT2D eigenvalue weighted by atomic mass is 19.1. The molecule has 0 bridgehead atoms. The summed E-state index contributed by atoms with van der Waals surface area (Å²) in [4.78, 5) is 20.2. The lowest BCUT2D eigenvalue weighted by Gasteiger charge is -2.36. The van der Waals surface area contributed by atoms with Gasteiger partial charge >= 0.3 is 5.97 Å². The van der Waals surface area contributed by atoms with Crippen LogP contribution in [0.3, 0.4) is 0 Å². The van der Waals surface area contributed by atoms with E-state index in [0.717, 1.165) is 5.56 Å². The maximum atomic E-state index is 15.5. The van der Waals surface area contributed by atoms with Crippen molar-refractivity contribution in [3.05, 3.63) is 60.2 Å². The lowest BCUT2D eigenvalue weighted by molar-refractivity contribution is -0.150. The number of carbonyl (C=O) groups is 1. The van der Waals surface area contributed by atoms with E-state index in [0.29, 0.717) is 18.6 Å². The minimum absolute atomic E-state index is 0.168. The maximum Gasteiger partial charge on any atom is 0.309 e. The van der Waals surface area contributed by atoms with Gasteiger partial charge in [0.15, 0.2) is 5.67 Å². The summed E-state index contributed by atoms with van der Waals surface area (Å²) in [5.74, 6) is 4.73. The Kier molecular flexibility index (Phi) is 5.62. The number of nitrogens with zero attached hydrogens (tertiary/aromatic N) is 2. The summed E-state index contributed by atoms with van der Waals surface area (Å²) in [5.41, 5.74) is -0.135. The van der Waals surface area contributed by atoms with Gasteiger partial charge in [0.2, 0.25) is 0 Å². The molecule has 5 heteroatoms. The Morgan fingerprint density at radius 3 is 2.73 bits per heavy atom. The Bertz CT molecular complexity index is 801. The van der Waals surface area contributed by atoms with Crippen molar-refractivity contribution in [3.8, 4) is 11.8 Å². The molecule has 3 rings (SSSR count). The predicted molar refractivity (Wildman–Crippen MR) is 95.9 cm³/mol. The Morgan fingerprint density at radius 1 is 1.31 bits per heavy atom. The van der Waals surface area contributed by atoms with E-state index >= 15 is 4.39 Å². The van der Waals surface area contributed by atoms with Crippen molar-refractivity contribution in [2.24, 2.45) is 5.92 Å². The minimum Gasteiger partial charge on any atom is -0.466 e. The fourth-order valence-electron chi connectivity index (χ4n) is 3.42. The summed E-state index contributed by atoms with van der Waals surface area (Å²) in [5, 5.41) is 0. The second-order valence-electron chi connectivity index (χ2n) is 6.46. The molecule has 0 spiro atoms. The first-order chi connectivity index (χ1) is 12.6. The zero-order chi connectivity index (χ0) is 18.4. The fourth-order valence-corrected chi connectivity index (χ4v) is 3.42. The number of carbonyl (C=O) groups excluding carboxylic acids is 1. The number of esters is 1. The normalized spacial score (nSPS) is 25.0. The molecule has 2 aromatic rings. The van der Waals surface area contributed by atoms with E-state index < -0.39 is 5.67 Å². The van der Waals surface area contributed by atoms with Gasteiger partial charge in [-0.3, -0.25) is 4.79 Å².